The van der Waals surface area contributed by atoms with E-state index in [1.807, 2.05) is 13.0 Å². The highest BCUT2D eigenvalue weighted by Crippen LogP contribution is 2.65. The summed E-state index contributed by atoms with van der Waals surface area (Å²) in [5, 5.41) is 16.8. The van der Waals surface area contributed by atoms with Crippen LogP contribution < -0.4 is 5.32 Å². The molecule has 0 radical (unpaired) electrons. The van der Waals surface area contributed by atoms with Crippen LogP contribution in [0.2, 0.25) is 0 Å². The molecule has 14 heteroatoms. The zero-order valence-electron chi connectivity index (χ0n) is 36.7. The number of ether oxygens (including phenoxy) is 6. The third-order valence-electron chi connectivity index (χ3n) is 14.4. The van der Waals surface area contributed by atoms with Gasteiger partial charge >= 0.3 is 24.1 Å². The molecule has 0 aromatic heterocycles. The molecule has 2 N–H and O–H groups in total. The minimum Gasteiger partial charge on any atom is -0.457 e. The van der Waals surface area contributed by atoms with Gasteiger partial charge in [-0.3, -0.25) is 19.2 Å². The molecule has 4 aliphatic rings. The number of aliphatic hydroxyl groups is 1. The summed E-state index contributed by atoms with van der Waals surface area (Å²) in [7, 11) is 1.14. The summed E-state index contributed by atoms with van der Waals surface area (Å²) < 4.78 is 36.1. The Kier molecular flexibility index (Phi) is 12.2. The van der Waals surface area contributed by atoms with Crippen molar-refractivity contribution < 1.29 is 62.3 Å². The van der Waals surface area contributed by atoms with Gasteiger partial charge in [-0.25, -0.2) is 9.59 Å². The van der Waals surface area contributed by atoms with Gasteiger partial charge in [0.2, 0.25) is 0 Å². The van der Waals surface area contributed by atoms with Gasteiger partial charge in [-0.1, -0.05) is 94.4 Å². The molecule has 334 valence electrons. The molecule has 14 nitrogen and oxygen atoms in total. The SMILES string of the molecule is COC(=O)O[C@@]12CO[C@@H]1C[C@H](C)[C@@]1(C)C(=O)[C@H](OC(C)=O)C3=C(C)[C@@H](OC(=O)[C@H](C)[C@@H](NC(=O)c4ccccc4)c4ccccc4)C[C@@](O)([C@@H](OC(=O)c4ccccc4)C12)C3(C)C. The maximum Gasteiger partial charge on any atom is 0.508 e. The molecule has 1 amide bonds. The molecule has 11 atom stereocenters. The summed E-state index contributed by atoms with van der Waals surface area (Å²) in [6, 6.07) is 24.7. The first kappa shape index (κ1) is 45.2. The molecule has 63 heavy (non-hydrogen) atoms. The topological polar surface area (TPSA) is 190 Å². The first-order chi connectivity index (χ1) is 29.8. The Morgan fingerprint density at radius 1 is 0.857 bits per heavy atom. The fraction of sp³-hybridized carbons (Fsp3) is 0.469. The molecule has 1 unspecified atom stereocenters. The molecule has 1 saturated heterocycles. The quantitative estimate of drug-likeness (QED) is 0.128. The molecule has 1 heterocycles. The fourth-order valence-corrected chi connectivity index (χ4v) is 10.6. The fourth-order valence-electron chi connectivity index (χ4n) is 10.6. The van der Waals surface area contributed by atoms with E-state index in [0.29, 0.717) is 16.7 Å². The lowest BCUT2D eigenvalue weighted by Gasteiger charge is -2.67. The number of esters is 3. The summed E-state index contributed by atoms with van der Waals surface area (Å²) in [6.07, 6.45) is -6.65. The third kappa shape index (κ3) is 7.60. The van der Waals surface area contributed by atoms with Crippen LogP contribution in [0.3, 0.4) is 0 Å². The maximum atomic E-state index is 15.7. The smallest absolute Gasteiger partial charge is 0.457 e. The molecule has 1 aliphatic heterocycles. The van der Waals surface area contributed by atoms with Crippen molar-refractivity contribution in [2.45, 2.75) is 103 Å². The summed E-state index contributed by atoms with van der Waals surface area (Å²) >= 11 is 0. The van der Waals surface area contributed by atoms with Crippen molar-refractivity contribution in [3.8, 4) is 0 Å². The number of hydrogen-bond acceptors (Lipinski definition) is 13. The Labute approximate surface area is 366 Å². The van der Waals surface area contributed by atoms with Crippen molar-refractivity contribution >= 4 is 35.8 Å². The van der Waals surface area contributed by atoms with Crippen LogP contribution in [0.5, 0.6) is 0 Å². The number of fused-ring (bicyclic) bond motifs is 5. The van der Waals surface area contributed by atoms with Crippen LogP contribution in [0, 0.1) is 28.6 Å². The van der Waals surface area contributed by atoms with Crippen LogP contribution >= 0.6 is 0 Å². The summed E-state index contributed by atoms with van der Waals surface area (Å²) in [5.74, 6) is -6.33. The number of Topliss-reactive ketones (excluding diaryl/α,β-unsaturated/α-hetero) is 1. The molecular weight excluding hydrogens is 811 g/mol. The number of hydrogen-bond donors (Lipinski definition) is 2. The van der Waals surface area contributed by atoms with E-state index in [1.165, 1.54) is 6.92 Å². The molecular formula is C49H55NO13. The minimum atomic E-state index is -2.24. The van der Waals surface area contributed by atoms with Crippen LogP contribution in [0.1, 0.15) is 93.6 Å². The van der Waals surface area contributed by atoms with E-state index >= 15 is 4.79 Å². The second-order valence-electron chi connectivity index (χ2n) is 18.0. The number of amides is 1. The van der Waals surface area contributed by atoms with Gasteiger partial charge < -0.3 is 38.8 Å². The Morgan fingerprint density at radius 3 is 2.00 bits per heavy atom. The van der Waals surface area contributed by atoms with Crippen LogP contribution in [0.4, 0.5) is 4.79 Å². The number of nitrogens with one attached hydrogen (secondary N) is 1. The maximum absolute atomic E-state index is 15.7. The van der Waals surface area contributed by atoms with Crippen molar-refractivity contribution in [3.63, 3.8) is 0 Å². The summed E-state index contributed by atoms with van der Waals surface area (Å²) in [4.78, 5) is 84.6. The Bertz CT molecular complexity index is 2300. The first-order valence-corrected chi connectivity index (χ1v) is 21.2. The summed E-state index contributed by atoms with van der Waals surface area (Å²) in [5.41, 5.74) is -5.45. The van der Waals surface area contributed by atoms with E-state index in [4.69, 9.17) is 28.4 Å². The largest absolute Gasteiger partial charge is 0.508 e. The number of methoxy groups -OCH3 is 1. The zero-order chi connectivity index (χ0) is 45.6. The second-order valence-corrected chi connectivity index (χ2v) is 18.0. The van der Waals surface area contributed by atoms with Crippen molar-refractivity contribution in [1.82, 2.24) is 5.32 Å². The predicted octanol–water partition coefficient (Wildman–Crippen LogP) is 6.51. The summed E-state index contributed by atoms with van der Waals surface area (Å²) in [6.45, 7) is 11.0. The molecule has 0 spiro atoms. The number of benzene rings is 3. The van der Waals surface area contributed by atoms with E-state index in [2.05, 4.69) is 5.32 Å². The number of rotatable bonds is 10. The number of ketones is 1. The van der Waals surface area contributed by atoms with Crippen LogP contribution in [-0.2, 0) is 42.8 Å². The zero-order valence-corrected chi connectivity index (χ0v) is 36.7. The van der Waals surface area contributed by atoms with Crippen molar-refractivity contribution in [2.24, 2.45) is 28.6 Å². The van der Waals surface area contributed by atoms with Gasteiger partial charge in [-0.2, -0.15) is 0 Å². The van der Waals surface area contributed by atoms with Gasteiger partial charge in [0.1, 0.15) is 23.9 Å². The van der Waals surface area contributed by atoms with E-state index in [-0.39, 0.29) is 30.6 Å². The highest BCUT2D eigenvalue weighted by atomic mass is 16.8. The van der Waals surface area contributed by atoms with Crippen LogP contribution in [0.15, 0.2) is 102 Å². The predicted molar refractivity (Wildman–Crippen MR) is 226 cm³/mol. The molecule has 7 rings (SSSR count). The van der Waals surface area contributed by atoms with Crippen molar-refractivity contribution in [1.29, 1.82) is 0 Å². The lowest BCUT2D eigenvalue weighted by atomic mass is 9.43. The van der Waals surface area contributed by atoms with Gasteiger partial charge in [-0.05, 0) is 67.2 Å². The van der Waals surface area contributed by atoms with Crippen molar-refractivity contribution in [2.75, 3.05) is 13.7 Å². The highest BCUT2D eigenvalue weighted by Gasteiger charge is 2.78. The van der Waals surface area contributed by atoms with Crippen molar-refractivity contribution in [3.05, 3.63) is 119 Å². The van der Waals surface area contributed by atoms with E-state index in [1.54, 1.807) is 120 Å². The average molecular weight is 866 g/mol. The van der Waals surface area contributed by atoms with Gasteiger partial charge in [-0.15, -0.1) is 0 Å². The average Bonchev–Trinajstić information content (AvgIpc) is 3.26. The molecule has 3 aromatic carbocycles. The lowest BCUT2D eigenvalue weighted by molar-refractivity contribution is -0.338. The van der Waals surface area contributed by atoms with Gasteiger partial charge in [0.05, 0.1) is 37.2 Å². The molecule has 3 aliphatic carbocycles. The van der Waals surface area contributed by atoms with E-state index < -0.39 is 106 Å². The van der Waals surface area contributed by atoms with Crippen LogP contribution in [0.25, 0.3) is 0 Å². The van der Waals surface area contributed by atoms with Gasteiger partial charge in [0.15, 0.2) is 17.5 Å². The molecule has 3 fully saturated rings. The molecule has 3 aromatic rings. The standard InChI is InChI=1S/C49H55NO13/c1-27-24-35-48(26-59-35,63-45(56)58-8)39-41(62-44(55)33-22-16-11-17-23-33)49(57)25-34(28(2)36(46(49,5)6)38(60-30(4)51)40(52)47(27,39)7)61-43(54)29(3)37(31-18-12-9-13-19-31)50-42(53)32-20-14-10-15-21-32/h9-23,27,29,34-35,37-39,41,57H,24-26H2,1-8H3,(H,50,53)/t27-,29+,34-,35+,37+,38+,39?,41-,47+,48-,49+/m0/s1. The first-order valence-electron chi connectivity index (χ1n) is 21.2. The Morgan fingerprint density at radius 2 is 1.44 bits per heavy atom. The molecule has 2 bridgehead atoms. The van der Waals surface area contributed by atoms with E-state index in [0.717, 1.165) is 7.11 Å². The highest BCUT2D eigenvalue weighted by molar-refractivity contribution is 5.96. The number of carbonyl (C=O) groups is 6. The van der Waals surface area contributed by atoms with Gasteiger partial charge in [0.25, 0.3) is 5.91 Å². The van der Waals surface area contributed by atoms with Gasteiger partial charge in [0, 0.05) is 29.7 Å². The third-order valence-corrected chi connectivity index (χ3v) is 14.4. The number of carbonyl (C=O) groups excluding carboxylic acids is 6. The Hall–Kier alpha value is -5.86. The normalized spacial score (nSPS) is 31.5. The second kappa shape index (κ2) is 17.0. The minimum absolute atomic E-state index is 0.143. The lowest BCUT2D eigenvalue weighted by Crippen LogP contribution is -2.81. The van der Waals surface area contributed by atoms with E-state index in [9.17, 15) is 29.1 Å². The Balaban J connectivity index is 1.39. The monoisotopic (exact) mass is 865 g/mol. The van der Waals surface area contributed by atoms with Crippen LogP contribution in [-0.4, -0.2) is 90.2 Å². The molecule has 2 saturated carbocycles.